The molecule has 2 unspecified atom stereocenters. The van der Waals surface area contributed by atoms with Gasteiger partial charge in [-0.3, -0.25) is 4.79 Å². The van der Waals surface area contributed by atoms with Crippen molar-refractivity contribution in [3.8, 4) is 0 Å². The molecule has 1 amide bonds. The van der Waals surface area contributed by atoms with Crippen LogP contribution in [0, 0.1) is 0 Å². The van der Waals surface area contributed by atoms with E-state index in [2.05, 4.69) is 10.6 Å². The first kappa shape index (κ1) is 13.4. The lowest BCUT2D eigenvalue weighted by molar-refractivity contribution is -0.122. The smallest absolute Gasteiger partial charge is 0.236 e. The second kappa shape index (κ2) is 7.76. The van der Waals surface area contributed by atoms with Gasteiger partial charge in [-0.2, -0.15) is 0 Å². The third-order valence-corrected chi connectivity index (χ3v) is 2.14. The summed E-state index contributed by atoms with van der Waals surface area (Å²) in [6.45, 7) is 6.99. The molecule has 0 saturated heterocycles. The summed E-state index contributed by atoms with van der Waals surface area (Å²) in [6, 6.07) is -0.181. The van der Waals surface area contributed by atoms with Crippen molar-refractivity contribution < 1.29 is 9.90 Å². The third-order valence-electron chi connectivity index (χ3n) is 2.14. The normalized spacial score (nSPS) is 14.9. The summed E-state index contributed by atoms with van der Waals surface area (Å²) in [4.78, 5) is 11.3. The maximum Gasteiger partial charge on any atom is 0.236 e. The summed E-state index contributed by atoms with van der Waals surface area (Å²) in [5, 5.41) is 15.1. The highest BCUT2D eigenvalue weighted by Gasteiger charge is 2.10. The van der Waals surface area contributed by atoms with Crippen LogP contribution in [0.5, 0.6) is 0 Å². The van der Waals surface area contributed by atoms with Crippen molar-refractivity contribution in [3.63, 3.8) is 0 Å². The van der Waals surface area contributed by atoms with Crippen molar-refractivity contribution in [1.82, 2.24) is 10.6 Å². The fourth-order valence-corrected chi connectivity index (χ4v) is 1.09. The molecular formula is C10H22N2O2. The second-order valence-corrected chi connectivity index (χ2v) is 3.42. The highest BCUT2D eigenvalue weighted by Crippen LogP contribution is 1.95. The summed E-state index contributed by atoms with van der Waals surface area (Å²) in [5.41, 5.74) is 0. The molecule has 0 radical (unpaired) electrons. The number of carbonyl (C=O) groups is 1. The van der Waals surface area contributed by atoms with Gasteiger partial charge in [0, 0.05) is 6.54 Å². The Morgan fingerprint density at radius 1 is 1.43 bits per heavy atom. The zero-order chi connectivity index (χ0) is 11.0. The van der Waals surface area contributed by atoms with Crippen LogP contribution >= 0.6 is 0 Å². The first-order valence-corrected chi connectivity index (χ1v) is 5.30. The standard InChI is InChI=1S/C10H22N2O2/c1-4-9(13)6-7-12-8(3)10(14)11-5-2/h8-9,12-13H,4-7H2,1-3H3,(H,11,14). The van der Waals surface area contributed by atoms with Crippen molar-refractivity contribution in [2.45, 2.75) is 45.8 Å². The molecule has 0 rings (SSSR count). The highest BCUT2D eigenvalue weighted by molar-refractivity contribution is 5.81. The van der Waals surface area contributed by atoms with Crippen molar-refractivity contribution in [2.24, 2.45) is 0 Å². The molecule has 0 aromatic rings. The molecular weight excluding hydrogens is 180 g/mol. The Morgan fingerprint density at radius 3 is 2.57 bits per heavy atom. The van der Waals surface area contributed by atoms with Gasteiger partial charge in [0.2, 0.25) is 5.91 Å². The number of aliphatic hydroxyl groups is 1. The maximum absolute atomic E-state index is 11.3. The lowest BCUT2D eigenvalue weighted by atomic mass is 10.2. The van der Waals surface area contributed by atoms with Gasteiger partial charge >= 0.3 is 0 Å². The van der Waals surface area contributed by atoms with Crippen molar-refractivity contribution >= 4 is 5.91 Å². The fourth-order valence-electron chi connectivity index (χ4n) is 1.09. The molecule has 0 spiro atoms. The van der Waals surface area contributed by atoms with Crippen molar-refractivity contribution in [1.29, 1.82) is 0 Å². The Hall–Kier alpha value is -0.610. The van der Waals surface area contributed by atoms with E-state index in [1.165, 1.54) is 0 Å². The molecule has 14 heavy (non-hydrogen) atoms. The maximum atomic E-state index is 11.3. The highest BCUT2D eigenvalue weighted by atomic mass is 16.3. The Balaban J connectivity index is 3.52. The van der Waals surface area contributed by atoms with Crippen LogP contribution in [-0.2, 0) is 4.79 Å². The molecule has 4 heteroatoms. The van der Waals surface area contributed by atoms with E-state index in [4.69, 9.17) is 0 Å². The van der Waals surface area contributed by atoms with E-state index >= 15 is 0 Å². The molecule has 0 fully saturated rings. The average molecular weight is 202 g/mol. The number of amides is 1. The molecule has 0 aliphatic carbocycles. The number of hydrogen-bond acceptors (Lipinski definition) is 3. The summed E-state index contributed by atoms with van der Waals surface area (Å²) in [5.74, 6) is 0.0125. The number of likely N-dealkylation sites (N-methyl/N-ethyl adjacent to an activating group) is 1. The van der Waals surface area contributed by atoms with Gasteiger partial charge in [-0.1, -0.05) is 6.92 Å². The topological polar surface area (TPSA) is 61.4 Å². The SMILES string of the molecule is CCNC(=O)C(C)NCCC(O)CC. The van der Waals surface area contributed by atoms with Crippen molar-refractivity contribution in [3.05, 3.63) is 0 Å². The van der Waals surface area contributed by atoms with Gasteiger partial charge in [0.1, 0.15) is 0 Å². The molecule has 0 aromatic carbocycles. The van der Waals surface area contributed by atoms with E-state index in [9.17, 15) is 9.90 Å². The number of hydrogen-bond donors (Lipinski definition) is 3. The number of nitrogens with one attached hydrogen (secondary N) is 2. The van der Waals surface area contributed by atoms with Crippen LogP contribution in [0.2, 0.25) is 0 Å². The van der Waals surface area contributed by atoms with Gasteiger partial charge in [-0.25, -0.2) is 0 Å². The molecule has 0 bridgehead atoms. The average Bonchev–Trinajstić information content (AvgIpc) is 2.17. The molecule has 0 saturated carbocycles. The minimum absolute atomic E-state index is 0.0125. The minimum Gasteiger partial charge on any atom is -0.393 e. The Bertz CT molecular complexity index is 162. The summed E-state index contributed by atoms with van der Waals surface area (Å²) in [6.07, 6.45) is 1.20. The van der Waals surface area contributed by atoms with Crippen LogP contribution < -0.4 is 10.6 Å². The molecule has 0 heterocycles. The van der Waals surface area contributed by atoms with E-state index in [-0.39, 0.29) is 18.1 Å². The first-order valence-electron chi connectivity index (χ1n) is 5.30. The first-order chi connectivity index (χ1) is 6.61. The van der Waals surface area contributed by atoms with Crippen LogP contribution in [0.15, 0.2) is 0 Å². The molecule has 84 valence electrons. The van der Waals surface area contributed by atoms with E-state index in [0.717, 1.165) is 6.42 Å². The lowest BCUT2D eigenvalue weighted by Crippen LogP contribution is -2.42. The van der Waals surface area contributed by atoms with Crippen LogP contribution in [0.4, 0.5) is 0 Å². The number of carbonyl (C=O) groups excluding carboxylic acids is 1. The number of rotatable bonds is 7. The molecule has 0 aliphatic heterocycles. The van der Waals surface area contributed by atoms with Crippen LogP contribution in [-0.4, -0.2) is 36.2 Å². The molecule has 0 aromatic heterocycles. The van der Waals surface area contributed by atoms with Gasteiger partial charge < -0.3 is 15.7 Å². The van der Waals surface area contributed by atoms with Gasteiger partial charge in [-0.05, 0) is 33.2 Å². The van der Waals surface area contributed by atoms with Gasteiger partial charge in [0.25, 0.3) is 0 Å². The Kier molecular flexibility index (Phi) is 7.42. The Labute approximate surface area is 86.1 Å². The van der Waals surface area contributed by atoms with Gasteiger partial charge in [0.15, 0.2) is 0 Å². The Morgan fingerprint density at radius 2 is 2.07 bits per heavy atom. The van der Waals surface area contributed by atoms with Gasteiger partial charge in [-0.15, -0.1) is 0 Å². The summed E-state index contributed by atoms with van der Waals surface area (Å²) in [7, 11) is 0. The van der Waals surface area contributed by atoms with Crippen LogP contribution in [0.25, 0.3) is 0 Å². The quantitative estimate of drug-likeness (QED) is 0.555. The van der Waals surface area contributed by atoms with Crippen molar-refractivity contribution in [2.75, 3.05) is 13.1 Å². The largest absolute Gasteiger partial charge is 0.393 e. The predicted octanol–water partition coefficient (Wildman–Crippen LogP) is 0.262. The van der Waals surface area contributed by atoms with E-state index in [1.807, 2.05) is 20.8 Å². The van der Waals surface area contributed by atoms with E-state index in [0.29, 0.717) is 19.5 Å². The van der Waals surface area contributed by atoms with Crippen LogP contribution in [0.1, 0.15) is 33.6 Å². The molecule has 2 atom stereocenters. The fraction of sp³-hybridized carbons (Fsp3) is 0.900. The zero-order valence-corrected chi connectivity index (χ0v) is 9.34. The molecule has 0 aliphatic rings. The van der Waals surface area contributed by atoms with Crippen LogP contribution in [0.3, 0.4) is 0 Å². The van der Waals surface area contributed by atoms with E-state index < -0.39 is 0 Å². The predicted molar refractivity (Wildman–Crippen MR) is 57.1 cm³/mol. The third kappa shape index (κ3) is 5.94. The second-order valence-electron chi connectivity index (χ2n) is 3.42. The van der Waals surface area contributed by atoms with E-state index in [1.54, 1.807) is 0 Å². The molecule has 4 nitrogen and oxygen atoms in total. The molecule has 3 N–H and O–H groups in total. The zero-order valence-electron chi connectivity index (χ0n) is 9.34. The minimum atomic E-state index is -0.260. The van der Waals surface area contributed by atoms with Gasteiger partial charge in [0.05, 0.1) is 12.1 Å². The number of aliphatic hydroxyl groups excluding tert-OH is 1. The summed E-state index contributed by atoms with van der Waals surface area (Å²) >= 11 is 0. The lowest BCUT2D eigenvalue weighted by Gasteiger charge is -2.14. The monoisotopic (exact) mass is 202 g/mol. The summed E-state index contributed by atoms with van der Waals surface area (Å²) < 4.78 is 0.